The second-order valence-corrected chi connectivity index (χ2v) is 2.67. The van der Waals surface area contributed by atoms with Gasteiger partial charge in [0.25, 0.3) is 12.0 Å². The summed E-state index contributed by atoms with van der Waals surface area (Å²) in [5.74, 6) is -1.18. The average molecular weight is 218 g/mol. The number of aromatic nitrogens is 1. The third-order valence-electron chi connectivity index (χ3n) is 1.74. The summed E-state index contributed by atoms with van der Waals surface area (Å²) in [5.41, 5.74) is 3.15. The Hall–Kier alpha value is -1.92. The van der Waals surface area contributed by atoms with Gasteiger partial charge in [-0.2, -0.15) is 0 Å². The van der Waals surface area contributed by atoms with E-state index in [1.165, 1.54) is 0 Å². The molecule has 0 saturated carbocycles. The van der Waals surface area contributed by atoms with Gasteiger partial charge >= 0.3 is 5.97 Å². The van der Waals surface area contributed by atoms with Gasteiger partial charge in [-0.3, -0.25) is 4.79 Å². The third kappa shape index (κ3) is 2.12. The molecule has 0 bridgehead atoms. The van der Waals surface area contributed by atoms with Crippen LogP contribution in [0.25, 0.3) is 0 Å². The molecule has 0 amide bonds. The maximum absolute atomic E-state index is 12.3. The Kier molecular flexibility index (Phi) is 3.03. The highest BCUT2D eigenvalue weighted by molar-refractivity contribution is 5.94. The molecule has 0 unspecified atom stereocenters. The molecule has 1 aromatic heterocycles. The van der Waals surface area contributed by atoms with E-state index >= 15 is 0 Å². The highest BCUT2D eigenvalue weighted by atomic mass is 19.3. The van der Waals surface area contributed by atoms with Crippen LogP contribution in [0.15, 0.2) is 10.9 Å². The molecular weight excluding hydrogens is 210 g/mol. The van der Waals surface area contributed by atoms with Crippen LogP contribution < -0.4 is 11.3 Å². The number of carbonyl (C=O) groups is 1. The van der Waals surface area contributed by atoms with Crippen molar-refractivity contribution in [1.82, 2.24) is 4.98 Å². The predicted octanol–water partition coefficient (Wildman–Crippen LogP) is 0.681. The first-order valence-corrected chi connectivity index (χ1v) is 3.86. The summed E-state index contributed by atoms with van der Waals surface area (Å²) >= 11 is 0. The molecule has 1 rings (SSSR count). The van der Waals surface area contributed by atoms with Crippen LogP contribution in [-0.2, 0) is 4.74 Å². The topological polar surface area (TPSA) is 85.2 Å². The van der Waals surface area contributed by atoms with Gasteiger partial charge in [-0.1, -0.05) is 0 Å². The first kappa shape index (κ1) is 11.2. The number of hydrogen-bond donors (Lipinski definition) is 2. The van der Waals surface area contributed by atoms with Crippen LogP contribution in [0.4, 0.5) is 14.6 Å². The van der Waals surface area contributed by atoms with Crippen molar-refractivity contribution < 1.29 is 18.3 Å². The lowest BCUT2D eigenvalue weighted by atomic mass is 10.2. The summed E-state index contributed by atoms with van der Waals surface area (Å²) in [6.07, 6.45) is -2.97. The van der Waals surface area contributed by atoms with Gasteiger partial charge in [-0.25, -0.2) is 13.6 Å². The number of alkyl halides is 2. The molecule has 0 atom stereocenters. The first-order valence-electron chi connectivity index (χ1n) is 3.86. The molecule has 15 heavy (non-hydrogen) atoms. The zero-order chi connectivity index (χ0) is 11.6. The molecule has 82 valence electrons. The first-order chi connectivity index (χ1) is 6.97. The van der Waals surface area contributed by atoms with Crippen LogP contribution in [0, 0.1) is 0 Å². The van der Waals surface area contributed by atoms with Crippen LogP contribution in [-0.4, -0.2) is 18.1 Å². The van der Waals surface area contributed by atoms with Crippen molar-refractivity contribution in [1.29, 1.82) is 0 Å². The molecule has 0 aliphatic heterocycles. The minimum absolute atomic E-state index is 0.285. The third-order valence-corrected chi connectivity index (χ3v) is 1.74. The molecule has 0 aliphatic carbocycles. The second-order valence-electron chi connectivity index (χ2n) is 2.67. The Morgan fingerprint density at radius 1 is 1.60 bits per heavy atom. The number of methoxy groups -OCH3 is 1. The van der Waals surface area contributed by atoms with Crippen molar-refractivity contribution >= 4 is 11.8 Å². The van der Waals surface area contributed by atoms with Gasteiger partial charge in [0.1, 0.15) is 11.4 Å². The molecule has 0 radical (unpaired) electrons. The Morgan fingerprint density at radius 2 is 2.20 bits per heavy atom. The van der Waals surface area contributed by atoms with E-state index in [-0.39, 0.29) is 11.4 Å². The number of rotatable bonds is 2. The lowest BCUT2D eigenvalue weighted by Gasteiger charge is -2.05. The molecule has 0 spiro atoms. The maximum Gasteiger partial charge on any atom is 0.341 e. The number of aromatic amines is 1. The molecule has 0 saturated heterocycles. The minimum Gasteiger partial charge on any atom is -0.465 e. The number of H-pyrrole nitrogens is 1. The SMILES string of the molecule is COC(=O)c1cc(C(F)F)c(=O)[nH]c1N. The number of pyridine rings is 1. The zero-order valence-corrected chi connectivity index (χ0v) is 7.71. The average Bonchev–Trinajstić information content (AvgIpc) is 2.16. The summed E-state index contributed by atoms with van der Waals surface area (Å²) < 4.78 is 28.9. The smallest absolute Gasteiger partial charge is 0.341 e. The molecule has 0 fully saturated rings. The molecule has 7 heteroatoms. The van der Waals surface area contributed by atoms with Crippen molar-refractivity contribution in [2.24, 2.45) is 0 Å². The summed E-state index contributed by atoms with van der Waals surface area (Å²) in [7, 11) is 1.08. The van der Waals surface area contributed by atoms with Crippen LogP contribution in [0.2, 0.25) is 0 Å². The predicted molar refractivity (Wildman–Crippen MR) is 47.8 cm³/mol. The monoisotopic (exact) mass is 218 g/mol. The van der Waals surface area contributed by atoms with Gasteiger partial charge < -0.3 is 15.5 Å². The van der Waals surface area contributed by atoms with Gasteiger partial charge in [0, 0.05) is 0 Å². The van der Waals surface area contributed by atoms with Gasteiger partial charge in [-0.05, 0) is 6.07 Å². The van der Waals surface area contributed by atoms with Gasteiger partial charge in [0.15, 0.2) is 0 Å². The van der Waals surface area contributed by atoms with Crippen LogP contribution in [0.1, 0.15) is 22.3 Å². The number of nitrogens with one attached hydrogen (secondary N) is 1. The number of esters is 1. The largest absolute Gasteiger partial charge is 0.465 e. The Morgan fingerprint density at radius 3 is 2.67 bits per heavy atom. The number of anilines is 1. The van der Waals surface area contributed by atoms with Crippen molar-refractivity contribution in [3.05, 3.63) is 27.5 Å². The molecule has 0 aromatic carbocycles. The maximum atomic E-state index is 12.3. The molecule has 3 N–H and O–H groups in total. The number of halogens is 2. The van der Waals surface area contributed by atoms with Crippen LogP contribution in [0.5, 0.6) is 0 Å². The van der Waals surface area contributed by atoms with Gasteiger partial charge in [0.05, 0.1) is 12.7 Å². The fourth-order valence-electron chi connectivity index (χ4n) is 1.00. The lowest BCUT2D eigenvalue weighted by Crippen LogP contribution is -2.19. The Labute approximate surface area is 82.9 Å². The fourth-order valence-corrected chi connectivity index (χ4v) is 1.00. The summed E-state index contributed by atoms with van der Waals surface area (Å²) in [5, 5.41) is 0. The highest BCUT2D eigenvalue weighted by Gasteiger charge is 2.18. The van der Waals surface area contributed by atoms with Crippen molar-refractivity contribution in [3.63, 3.8) is 0 Å². The summed E-state index contributed by atoms with van der Waals surface area (Å²) in [6.45, 7) is 0. The minimum atomic E-state index is -2.97. The number of ether oxygens (including phenoxy) is 1. The Bertz CT molecular complexity index is 442. The molecule has 1 aromatic rings. The van der Waals surface area contributed by atoms with E-state index in [0.29, 0.717) is 0 Å². The number of nitrogens with two attached hydrogens (primary N) is 1. The lowest BCUT2D eigenvalue weighted by molar-refractivity contribution is 0.0601. The van der Waals surface area contributed by atoms with Gasteiger partial charge in [0.2, 0.25) is 0 Å². The number of nitrogen functional groups attached to an aromatic ring is 1. The van der Waals surface area contributed by atoms with Crippen molar-refractivity contribution in [2.75, 3.05) is 12.8 Å². The van der Waals surface area contributed by atoms with E-state index in [4.69, 9.17) is 5.73 Å². The van der Waals surface area contributed by atoms with E-state index in [1.54, 1.807) is 0 Å². The van der Waals surface area contributed by atoms with Crippen LogP contribution >= 0.6 is 0 Å². The van der Waals surface area contributed by atoms with E-state index in [1.807, 2.05) is 4.98 Å². The summed E-state index contributed by atoms with van der Waals surface area (Å²) in [6, 6.07) is 0.727. The zero-order valence-electron chi connectivity index (χ0n) is 7.71. The molecule has 1 heterocycles. The molecule has 0 aliphatic rings. The molecule has 5 nitrogen and oxygen atoms in total. The van der Waals surface area contributed by atoms with Crippen molar-refractivity contribution in [2.45, 2.75) is 6.43 Å². The quantitative estimate of drug-likeness (QED) is 0.715. The van der Waals surface area contributed by atoms with E-state index in [2.05, 4.69) is 4.74 Å². The van der Waals surface area contributed by atoms with Crippen LogP contribution in [0.3, 0.4) is 0 Å². The van der Waals surface area contributed by atoms with Crippen molar-refractivity contribution in [3.8, 4) is 0 Å². The van der Waals surface area contributed by atoms with E-state index in [9.17, 15) is 18.4 Å². The Balaban J connectivity index is 3.36. The summed E-state index contributed by atoms with van der Waals surface area (Å²) in [4.78, 5) is 24.0. The highest BCUT2D eigenvalue weighted by Crippen LogP contribution is 2.18. The standard InChI is InChI=1S/C8H8F2N2O3/c1-15-8(14)4-2-3(5(9)10)7(13)12-6(4)11/h2,5H,1H3,(H3,11,12,13). The van der Waals surface area contributed by atoms with Gasteiger partial charge in [-0.15, -0.1) is 0 Å². The second kappa shape index (κ2) is 4.07. The fraction of sp³-hybridized carbons (Fsp3) is 0.250. The van der Waals surface area contributed by atoms with E-state index < -0.39 is 23.5 Å². The number of hydrogen-bond acceptors (Lipinski definition) is 4. The number of carbonyl (C=O) groups excluding carboxylic acids is 1. The van der Waals surface area contributed by atoms with E-state index in [0.717, 1.165) is 13.2 Å². The molecular formula is C8H8F2N2O3. The normalized spacial score (nSPS) is 10.4.